The van der Waals surface area contributed by atoms with Crippen molar-refractivity contribution in [1.82, 2.24) is 24.5 Å². The Kier molecular flexibility index (Phi) is 5.22. The van der Waals surface area contributed by atoms with E-state index in [1.165, 1.54) is 21.8 Å². The SMILES string of the molecule is C[C@H](Cc1nncn1C)c1cccc(N2Cc3c(cc(-n4cccn4)cc3C(F)(F)F)C2=O)c1. The van der Waals surface area contributed by atoms with Gasteiger partial charge in [-0.25, -0.2) is 4.68 Å². The number of aromatic nitrogens is 5. The molecule has 7 nitrogen and oxygen atoms in total. The Bertz CT molecular complexity index is 1360. The van der Waals surface area contributed by atoms with Crippen LogP contribution in [0.4, 0.5) is 18.9 Å². The summed E-state index contributed by atoms with van der Waals surface area (Å²) < 4.78 is 45.0. The molecule has 0 unspecified atom stereocenters. The maximum Gasteiger partial charge on any atom is 0.416 e. The minimum absolute atomic E-state index is 0.0223. The summed E-state index contributed by atoms with van der Waals surface area (Å²) in [5.41, 5.74) is 0.897. The van der Waals surface area contributed by atoms with Gasteiger partial charge in [-0.05, 0) is 47.4 Å². The third-order valence-corrected chi connectivity index (χ3v) is 6.15. The molecule has 2 aromatic heterocycles. The van der Waals surface area contributed by atoms with E-state index in [1.807, 2.05) is 36.7 Å². The van der Waals surface area contributed by atoms with Crippen LogP contribution in [0.25, 0.3) is 5.69 Å². The molecular weight excluding hydrogens is 445 g/mol. The van der Waals surface area contributed by atoms with Crippen LogP contribution in [0, 0.1) is 0 Å². The number of hydrogen-bond donors (Lipinski definition) is 0. The van der Waals surface area contributed by atoms with Gasteiger partial charge in [0.2, 0.25) is 0 Å². The molecule has 174 valence electrons. The van der Waals surface area contributed by atoms with Gasteiger partial charge in [0.15, 0.2) is 0 Å². The maximum atomic E-state index is 13.9. The molecule has 0 aliphatic carbocycles. The van der Waals surface area contributed by atoms with Crippen LogP contribution in [0.1, 0.15) is 45.7 Å². The van der Waals surface area contributed by atoms with E-state index >= 15 is 0 Å². The fourth-order valence-corrected chi connectivity index (χ4v) is 4.29. The molecule has 0 radical (unpaired) electrons. The number of carbonyl (C=O) groups excluding carboxylic acids is 1. The third kappa shape index (κ3) is 3.85. The van der Waals surface area contributed by atoms with Gasteiger partial charge in [-0.1, -0.05) is 19.1 Å². The highest BCUT2D eigenvalue weighted by Gasteiger charge is 2.40. The molecule has 4 aromatic rings. The number of nitrogens with zero attached hydrogens (tertiary/aromatic N) is 6. The van der Waals surface area contributed by atoms with Crippen LogP contribution in [0.3, 0.4) is 0 Å². The number of amides is 1. The van der Waals surface area contributed by atoms with E-state index in [4.69, 9.17) is 0 Å². The molecule has 0 spiro atoms. The zero-order valence-corrected chi connectivity index (χ0v) is 18.5. The predicted molar refractivity (Wildman–Crippen MR) is 119 cm³/mol. The first-order valence-corrected chi connectivity index (χ1v) is 10.7. The largest absolute Gasteiger partial charge is 0.416 e. The molecule has 2 aromatic carbocycles. The average Bonchev–Trinajstić information content (AvgIpc) is 3.54. The molecule has 0 saturated heterocycles. The first kappa shape index (κ1) is 21.9. The summed E-state index contributed by atoms with van der Waals surface area (Å²) in [5, 5.41) is 12.0. The summed E-state index contributed by atoms with van der Waals surface area (Å²) in [4.78, 5) is 14.7. The van der Waals surface area contributed by atoms with Crippen molar-refractivity contribution >= 4 is 11.6 Å². The van der Waals surface area contributed by atoms with Crippen LogP contribution in [0.15, 0.2) is 61.2 Å². The molecule has 1 aliphatic heterocycles. The van der Waals surface area contributed by atoms with Crippen molar-refractivity contribution in [2.45, 2.75) is 32.0 Å². The topological polar surface area (TPSA) is 68.8 Å². The van der Waals surface area contributed by atoms with Crippen molar-refractivity contribution in [3.63, 3.8) is 0 Å². The Labute approximate surface area is 193 Å². The monoisotopic (exact) mass is 466 g/mol. The molecule has 1 aliphatic rings. The molecule has 5 rings (SSSR count). The molecular formula is C24H21F3N6O. The number of halogens is 3. The van der Waals surface area contributed by atoms with Gasteiger partial charge in [0.25, 0.3) is 5.91 Å². The van der Waals surface area contributed by atoms with E-state index in [1.54, 1.807) is 24.7 Å². The minimum Gasteiger partial charge on any atom is -0.321 e. The van der Waals surface area contributed by atoms with E-state index in [0.717, 1.165) is 17.5 Å². The highest BCUT2D eigenvalue weighted by molar-refractivity contribution is 6.10. The standard InChI is InChI=1S/C24H21F3N6O/c1-15(9-22-30-28-14-31(22)2)16-5-3-6-17(10-16)32-13-20-19(23(32)34)11-18(33-8-4-7-29-33)12-21(20)24(25,26)27/h3-8,10-12,14-15H,9,13H2,1-2H3/t15-/m1/s1. The van der Waals surface area contributed by atoms with Crippen LogP contribution >= 0.6 is 0 Å². The first-order valence-electron chi connectivity index (χ1n) is 10.7. The fourth-order valence-electron chi connectivity index (χ4n) is 4.29. The average molecular weight is 466 g/mol. The van der Waals surface area contributed by atoms with Gasteiger partial charge >= 0.3 is 6.18 Å². The number of carbonyl (C=O) groups is 1. The molecule has 0 fully saturated rings. The molecule has 10 heteroatoms. The van der Waals surface area contributed by atoms with Gasteiger partial charge in [0.1, 0.15) is 12.2 Å². The van der Waals surface area contributed by atoms with E-state index < -0.39 is 17.6 Å². The van der Waals surface area contributed by atoms with Crippen LogP contribution in [-0.4, -0.2) is 30.5 Å². The molecule has 0 N–H and O–H groups in total. The molecule has 1 amide bonds. The Morgan fingerprint density at radius 2 is 1.94 bits per heavy atom. The van der Waals surface area contributed by atoms with E-state index in [2.05, 4.69) is 15.3 Å². The lowest BCUT2D eigenvalue weighted by molar-refractivity contribution is -0.138. The van der Waals surface area contributed by atoms with Crippen LogP contribution in [0.5, 0.6) is 0 Å². The van der Waals surface area contributed by atoms with E-state index in [9.17, 15) is 18.0 Å². The second kappa shape index (κ2) is 8.12. The summed E-state index contributed by atoms with van der Waals surface area (Å²) in [6.45, 7) is 1.88. The predicted octanol–water partition coefficient (Wildman–Crippen LogP) is 4.53. The summed E-state index contributed by atoms with van der Waals surface area (Å²) in [6.07, 6.45) is 0.688. The van der Waals surface area contributed by atoms with Gasteiger partial charge in [-0.3, -0.25) is 4.79 Å². The number of alkyl halides is 3. The van der Waals surface area contributed by atoms with Crippen molar-refractivity contribution in [1.29, 1.82) is 0 Å². The summed E-state index contributed by atoms with van der Waals surface area (Å²) in [7, 11) is 1.87. The minimum atomic E-state index is -4.60. The Balaban J connectivity index is 1.49. The number of anilines is 1. The zero-order chi connectivity index (χ0) is 24.0. The fraction of sp³-hybridized carbons (Fsp3) is 0.250. The maximum absolute atomic E-state index is 13.9. The Hall–Kier alpha value is -3.95. The van der Waals surface area contributed by atoms with Crippen LogP contribution < -0.4 is 4.90 Å². The summed E-state index contributed by atoms with van der Waals surface area (Å²) >= 11 is 0. The quantitative estimate of drug-likeness (QED) is 0.434. The second-order valence-electron chi connectivity index (χ2n) is 8.42. The van der Waals surface area contributed by atoms with Crippen molar-refractivity contribution in [2.24, 2.45) is 7.05 Å². The summed E-state index contributed by atoms with van der Waals surface area (Å²) in [5.74, 6) is 0.427. The molecule has 34 heavy (non-hydrogen) atoms. The smallest absolute Gasteiger partial charge is 0.321 e. The lowest BCUT2D eigenvalue weighted by atomic mass is 9.97. The van der Waals surface area contributed by atoms with Crippen LogP contribution in [-0.2, 0) is 26.2 Å². The van der Waals surface area contributed by atoms with Gasteiger partial charge in [0, 0.05) is 37.1 Å². The summed E-state index contributed by atoms with van der Waals surface area (Å²) in [6, 6.07) is 11.5. The lowest BCUT2D eigenvalue weighted by Crippen LogP contribution is -2.23. The first-order chi connectivity index (χ1) is 16.2. The molecule has 0 bridgehead atoms. The van der Waals surface area contributed by atoms with Gasteiger partial charge in [-0.2, -0.15) is 18.3 Å². The Morgan fingerprint density at radius 3 is 2.62 bits per heavy atom. The molecule has 0 saturated carbocycles. The van der Waals surface area contributed by atoms with Crippen molar-refractivity contribution in [3.05, 3.63) is 89.3 Å². The second-order valence-corrected chi connectivity index (χ2v) is 8.42. The Morgan fingerprint density at radius 1 is 1.12 bits per heavy atom. The van der Waals surface area contributed by atoms with Gasteiger partial charge in [-0.15, -0.1) is 10.2 Å². The molecule has 1 atom stereocenters. The van der Waals surface area contributed by atoms with Crippen molar-refractivity contribution in [2.75, 3.05) is 4.90 Å². The third-order valence-electron chi connectivity index (χ3n) is 6.15. The lowest BCUT2D eigenvalue weighted by Gasteiger charge is -2.19. The normalized spacial score (nSPS) is 14.5. The number of benzene rings is 2. The van der Waals surface area contributed by atoms with E-state index in [-0.39, 0.29) is 29.3 Å². The van der Waals surface area contributed by atoms with Gasteiger partial charge < -0.3 is 9.47 Å². The zero-order valence-electron chi connectivity index (χ0n) is 18.5. The number of hydrogen-bond acceptors (Lipinski definition) is 4. The highest BCUT2D eigenvalue weighted by Crippen LogP contribution is 2.40. The van der Waals surface area contributed by atoms with Crippen molar-refractivity contribution < 1.29 is 18.0 Å². The van der Waals surface area contributed by atoms with Crippen LogP contribution in [0.2, 0.25) is 0 Å². The van der Waals surface area contributed by atoms with Gasteiger partial charge in [0.05, 0.1) is 17.8 Å². The number of rotatable bonds is 5. The number of aryl methyl sites for hydroxylation is 1. The number of fused-ring (bicyclic) bond motifs is 1. The van der Waals surface area contributed by atoms with Crippen molar-refractivity contribution in [3.8, 4) is 5.69 Å². The van der Waals surface area contributed by atoms with E-state index in [0.29, 0.717) is 12.1 Å². The highest BCUT2D eigenvalue weighted by atomic mass is 19.4. The molecule has 3 heterocycles.